The van der Waals surface area contributed by atoms with E-state index in [9.17, 15) is 97.1 Å². The van der Waals surface area contributed by atoms with Crippen LogP contribution < -0.4 is 64.2 Å². The zero-order valence-electron chi connectivity index (χ0n) is 45.9. The average molecular weight is 1220 g/mol. The normalized spacial score (nSPS) is 13.9. The Morgan fingerprint density at radius 2 is 0.682 bits per heavy atom. The third-order valence-electron chi connectivity index (χ3n) is 11.6. The summed E-state index contributed by atoms with van der Waals surface area (Å²) in [6, 6.07) is 2.31. The van der Waals surface area contributed by atoms with Gasteiger partial charge in [-0.05, 0) is 24.0 Å². The molecule has 2 rings (SSSR count). The molecule has 0 fully saturated rings. The van der Waals surface area contributed by atoms with Gasteiger partial charge in [-0.2, -0.15) is 12.6 Å². The predicted molar refractivity (Wildman–Crippen MR) is 294 cm³/mol. The second kappa shape index (κ2) is 36.0. The lowest BCUT2D eigenvalue weighted by Crippen LogP contribution is -2.61. The fourth-order valence-corrected chi connectivity index (χ4v) is 7.73. The molecule has 9 atom stereocenters. The van der Waals surface area contributed by atoms with Crippen LogP contribution >= 0.6 is 12.6 Å². The molecule has 0 saturated heterocycles. The number of rotatable bonds is 38. The fourth-order valence-electron chi connectivity index (χ4n) is 7.55. The van der Waals surface area contributed by atoms with Crippen LogP contribution in [0.1, 0.15) is 64.0 Å². The standard InChI is InChI=1S/C51H68N12O21S/c1-24(2)43(44(52)77)63-51(84)29(15-27-12-8-5-9-13-27)59-46(79)28(14-26-10-6-4-7-11-26)58-49(82)33(19-41(73)74)62-50(83)34(20-42(75)76)61-48(81)32(18-40(71)72)57-37(66)23-54-35(64)21-53-36(65)22-55-45(78)30(16-38(67)68)60-47(80)31(17-39(69)70)56-25(3)85/h4-13,24-25,28-34,43,56,85H,14-23H2,1-3H3,(H2,52,77)(H,53,65)(H,54,64)(H,55,78)(H,57,66)(H,58,82)(H,59,79)(H,60,80)(H,61,81)(H,62,83)(H,63,84)(H,67,68)(H,69,70)(H,71,72)(H,73,74)(H,75,76)/t25?,28-,29-,30-,31-,32-,33-,34-,43-/m0/s1. The predicted octanol–water partition coefficient (Wildman–Crippen LogP) is -6.04. The minimum atomic E-state index is -2.23. The zero-order chi connectivity index (χ0) is 64.1. The van der Waals surface area contributed by atoms with Crippen LogP contribution in [0.3, 0.4) is 0 Å². The summed E-state index contributed by atoms with van der Waals surface area (Å²) in [4.78, 5) is 203. The minimum Gasteiger partial charge on any atom is -0.481 e. The molecule has 1 unspecified atom stereocenters. The highest BCUT2D eigenvalue weighted by atomic mass is 32.1. The van der Waals surface area contributed by atoms with Gasteiger partial charge >= 0.3 is 29.8 Å². The number of nitrogens with two attached hydrogens (primary N) is 1. The zero-order valence-corrected chi connectivity index (χ0v) is 46.8. The maximum Gasteiger partial charge on any atom is 0.305 e. The summed E-state index contributed by atoms with van der Waals surface area (Å²) < 4.78 is 0. The molecule has 18 N–H and O–H groups in total. The number of thiol groups is 1. The van der Waals surface area contributed by atoms with Gasteiger partial charge in [0.1, 0.15) is 42.3 Å². The van der Waals surface area contributed by atoms with Gasteiger partial charge in [-0.1, -0.05) is 74.5 Å². The van der Waals surface area contributed by atoms with Crippen molar-refractivity contribution in [2.24, 2.45) is 11.7 Å². The molecule has 0 aliphatic carbocycles. The van der Waals surface area contributed by atoms with Crippen molar-refractivity contribution in [2.45, 2.75) is 119 Å². The fraction of sp³-hybridized carbons (Fsp3) is 0.451. The Morgan fingerprint density at radius 3 is 1.04 bits per heavy atom. The lowest BCUT2D eigenvalue weighted by Gasteiger charge is -2.27. The first-order valence-electron chi connectivity index (χ1n) is 25.7. The molecule has 0 heterocycles. The molecule has 11 amide bonds. The van der Waals surface area contributed by atoms with Crippen molar-refractivity contribution in [1.82, 2.24) is 58.5 Å². The van der Waals surface area contributed by atoms with E-state index >= 15 is 0 Å². The first kappa shape index (κ1) is 71.4. The quantitative estimate of drug-likeness (QED) is 0.0220. The van der Waals surface area contributed by atoms with E-state index in [1.165, 1.54) is 6.92 Å². The second-order valence-corrected chi connectivity index (χ2v) is 19.9. The van der Waals surface area contributed by atoms with E-state index in [2.05, 4.69) is 39.2 Å². The molecule has 33 nitrogen and oxygen atoms in total. The highest BCUT2D eigenvalue weighted by Crippen LogP contribution is 2.11. The number of carbonyl (C=O) groups excluding carboxylic acids is 11. The van der Waals surface area contributed by atoms with Crippen LogP contribution in [0.2, 0.25) is 0 Å². The molecular formula is C51H68N12O21S. The third kappa shape index (κ3) is 28.2. The molecular weight excluding hydrogens is 1150 g/mol. The molecule has 0 bridgehead atoms. The van der Waals surface area contributed by atoms with Gasteiger partial charge in [0.25, 0.3) is 0 Å². The molecule has 0 radical (unpaired) electrons. The van der Waals surface area contributed by atoms with Crippen LogP contribution in [0.15, 0.2) is 60.7 Å². The van der Waals surface area contributed by atoms with Gasteiger partial charge in [-0.3, -0.25) is 82.0 Å². The molecule has 0 aliphatic rings. The second-order valence-electron chi connectivity index (χ2n) is 19.1. The topological polar surface area (TPSA) is 533 Å². The summed E-state index contributed by atoms with van der Waals surface area (Å²) in [6.07, 6.45) is -5.98. The number of aliphatic carboxylic acids is 5. The summed E-state index contributed by atoms with van der Waals surface area (Å²) in [5.41, 5.74) is 6.50. The van der Waals surface area contributed by atoms with Gasteiger partial charge < -0.3 is 84.4 Å². The Morgan fingerprint density at radius 1 is 0.388 bits per heavy atom. The van der Waals surface area contributed by atoms with Gasteiger partial charge in [-0.25, -0.2) is 0 Å². The first-order valence-corrected chi connectivity index (χ1v) is 26.2. The molecule has 464 valence electrons. The minimum absolute atomic E-state index is 0.143. The third-order valence-corrected chi connectivity index (χ3v) is 11.8. The van der Waals surface area contributed by atoms with E-state index in [0.717, 1.165) is 0 Å². The summed E-state index contributed by atoms with van der Waals surface area (Å²) in [6.45, 7) is 1.88. The highest BCUT2D eigenvalue weighted by Gasteiger charge is 2.36. The first-order chi connectivity index (χ1) is 39.8. The number of primary amides is 1. The number of carboxylic acid groups (broad SMARTS) is 5. The van der Waals surface area contributed by atoms with Crippen LogP contribution in [-0.2, 0) is 89.6 Å². The van der Waals surface area contributed by atoms with Crippen LogP contribution in [0, 0.1) is 5.92 Å². The highest BCUT2D eigenvalue weighted by molar-refractivity contribution is 7.80. The number of hydrogen-bond donors (Lipinski definition) is 18. The van der Waals surface area contributed by atoms with Crippen LogP contribution in [-0.4, -0.2) is 194 Å². The van der Waals surface area contributed by atoms with Crippen molar-refractivity contribution in [3.8, 4) is 0 Å². The number of amides is 11. The molecule has 34 heteroatoms. The lowest BCUT2D eigenvalue weighted by atomic mass is 10.00. The summed E-state index contributed by atoms with van der Waals surface area (Å²) in [7, 11) is 0. The Bertz CT molecular complexity index is 2770. The maximum absolute atomic E-state index is 14.2. The number of carboxylic acids is 5. The van der Waals surface area contributed by atoms with Crippen molar-refractivity contribution < 1.29 is 102 Å². The van der Waals surface area contributed by atoms with Gasteiger partial charge in [0, 0.05) is 18.2 Å². The van der Waals surface area contributed by atoms with Crippen molar-refractivity contribution in [1.29, 1.82) is 0 Å². The number of carbonyl (C=O) groups is 16. The molecule has 0 spiro atoms. The largest absolute Gasteiger partial charge is 0.481 e. The number of hydrogen-bond acceptors (Lipinski definition) is 18. The smallest absolute Gasteiger partial charge is 0.305 e. The van der Waals surface area contributed by atoms with Crippen LogP contribution in [0.25, 0.3) is 0 Å². The van der Waals surface area contributed by atoms with Crippen LogP contribution in [0.5, 0.6) is 0 Å². The monoisotopic (exact) mass is 1220 g/mol. The van der Waals surface area contributed by atoms with Crippen molar-refractivity contribution in [3.05, 3.63) is 71.8 Å². The van der Waals surface area contributed by atoms with Crippen LogP contribution in [0.4, 0.5) is 0 Å². The van der Waals surface area contributed by atoms with E-state index in [4.69, 9.17) is 10.8 Å². The molecule has 0 aliphatic heterocycles. The lowest BCUT2D eigenvalue weighted by molar-refractivity contribution is -0.144. The van der Waals surface area contributed by atoms with E-state index < -0.39 is 206 Å². The van der Waals surface area contributed by atoms with Gasteiger partial charge in [0.15, 0.2) is 0 Å². The summed E-state index contributed by atoms with van der Waals surface area (Å²) >= 11 is 4.02. The Balaban J connectivity index is 2.22. The van der Waals surface area contributed by atoms with E-state index in [0.29, 0.717) is 11.1 Å². The van der Waals surface area contributed by atoms with E-state index in [1.54, 1.807) is 74.5 Å². The van der Waals surface area contributed by atoms with E-state index in [1.807, 2.05) is 31.9 Å². The Hall–Kier alpha value is -9.73. The molecule has 0 aromatic heterocycles. The molecule has 85 heavy (non-hydrogen) atoms. The summed E-state index contributed by atoms with van der Waals surface area (Å²) in [5, 5.41) is 70.7. The number of nitrogens with one attached hydrogen (secondary N) is 11. The Kier molecular flexibility index (Phi) is 30.2. The van der Waals surface area contributed by atoms with Gasteiger partial charge in [0.2, 0.25) is 65.0 Å². The van der Waals surface area contributed by atoms with Crippen molar-refractivity contribution >= 4 is 107 Å². The molecule has 0 saturated carbocycles. The maximum atomic E-state index is 14.2. The van der Waals surface area contributed by atoms with Crippen molar-refractivity contribution in [3.63, 3.8) is 0 Å². The van der Waals surface area contributed by atoms with Crippen molar-refractivity contribution in [2.75, 3.05) is 19.6 Å². The Labute approximate surface area is 489 Å². The van der Waals surface area contributed by atoms with E-state index in [-0.39, 0.29) is 12.8 Å². The SMILES string of the molecule is CC(S)N[C@@H](CC(=O)O)C(=O)N[C@@H](CC(=O)O)C(=O)NCC(=O)NCC(=O)NCC(=O)N[C@@H](CC(=O)O)C(=O)N[C@@H](CC(=O)O)C(=O)N[C@@H](CC(=O)O)C(=O)N[C@@H](Cc1ccccc1)C(=O)N[C@@H](Cc1ccccc1)C(=O)N[C@H](C(N)=O)C(C)C. The van der Waals surface area contributed by atoms with Gasteiger partial charge in [0.05, 0.1) is 57.8 Å². The number of benzene rings is 2. The van der Waals surface area contributed by atoms with Gasteiger partial charge in [-0.15, -0.1) is 0 Å². The molecule has 2 aromatic rings. The molecule has 2 aromatic carbocycles. The average Bonchev–Trinajstić information content (AvgIpc) is 3.43. The summed E-state index contributed by atoms with van der Waals surface area (Å²) in [5.74, 6) is -21.5.